The van der Waals surface area contributed by atoms with E-state index in [9.17, 15) is 0 Å². The van der Waals surface area contributed by atoms with E-state index in [0.29, 0.717) is 0 Å². The lowest BCUT2D eigenvalue weighted by Crippen LogP contribution is -2.11. The monoisotopic (exact) mass is 782 g/mol. The number of methoxy groups -OCH3 is 2. The van der Waals surface area contributed by atoms with Crippen LogP contribution in [0.4, 0.5) is 34.1 Å². The van der Waals surface area contributed by atoms with Gasteiger partial charge in [0.2, 0.25) is 0 Å². The second-order valence-corrected chi connectivity index (χ2v) is 14.4. The number of hydrogen-bond acceptors (Lipinski definition) is 6. The molecule has 0 aliphatic carbocycles. The molecule has 0 N–H and O–H groups in total. The lowest BCUT2D eigenvalue weighted by Gasteiger charge is -2.27. The van der Waals surface area contributed by atoms with Gasteiger partial charge in [-0.3, -0.25) is 9.97 Å². The maximum Gasteiger partial charge on any atom is 0.119 e. The van der Waals surface area contributed by atoms with Gasteiger partial charge in [-0.1, -0.05) is 85.0 Å². The average molecular weight is 783 g/mol. The fourth-order valence-corrected chi connectivity index (χ4v) is 7.26. The number of nitrogens with zero attached hydrogens (tertiary/aromatic N) is 4. The summed E-state index contributed by atoms with van der Waals surface area (Å²) >= 11 is 0. The molecule has 0 spiro atoms. The molecular weight excluding hydrogens is 737 g/mol. The van der Waals surface area contributed by atoms with Crippen molar-refractivity contribution in [2.45, 2.75) is 13.8 Å². The maximum atomic E-state index is 5.48. The van der Waals surface area contributed by atoms with Gasteiger partial charge in [-0.25, -0.2) is 0 Å². The molecule has 2 aromatic heterocycles. The molecule has 0 bridgehead atoms. The Morgan fingerprint density at radius 3 is 1.12 bits per heavy atom. The summed E-state index contributed by atoms with van der Waals surface area (Å²) in [5, 5.41) is 0. The Kier molecular flexibility index (Phi) is 11.9. The molecular formula is C54H46N4O2. The van der Waals surface area contributed by atoms with Gasteiger partial charge in [-0.2, -0.15) is 0 Å². The lowest BCUT2D eigenvalue weighted by molar-refractivity contribution is 0.414. The van der Waals surface area contributed by atoms with Crippen molar-refractivity contribution < 1.29 is 9.47 Å². The van der Waals surface area contributed by atoms with Gasteiger partial charge in [0.25, 0.3) is 0 Å². The number of benzene rings is 6. The Balaban J connectivity index is 0.972. The number of para-hydroxylation sites is 2. The Morgan fingerprint density at radius 1 is 0.383 bits per heavy atom. The molecule has 0 aliphatic heterocycles. The summed E-state index contributed by atoms with van der Waals surface area (Å²) in [5.74, 6) is 1.69. The van der Waals surface area contributed by atoms with E-state index in [4.69, 9.17) is 9.47 Å². The molecule has 0 saturated carbocycles. The summed E-state index contributed by atoms with van der Waals surface area (Å²) in [7, 11) is 3.40. The van der Waals surface area contributed by atoms with E-state index in [1.54, 1.807) is 14.2 Å². The summed E-state index contributed by atoms with van der Waals surface area (Å²) in [6, 6.07) is 58.6. The SMILES string of the molecule is COc1ccc(N(c2ccccc2)c2ccc(/C=C/c3ccnc(-c4cc(/C=C/c5ccc(N(c6ccccc6)c6ccc(OC)cc6C)cc5)ccn4)c3)cc2)c(C)c1. The highest BCUT2D eigenvalue weighted by molar-refractivity contribution is 5.82. The van der Waals surface area contributed by atoms with Crippen LogP contribution >= 0.6 is 0 Å². The third-order valence-electron chi connectivity index (χ3n) is 10.4. The number of hydrogen-bond donors (Lipinski definition) is 0. The molecule has 0 aliphatic rings. The van der Waals surface area contributed by atoms with Gasteiger partial charge in [0.05, 0.1) is 25.6 Å². The normalized spacial score (nSPS) is 11.2. The fourth-order valence-electron chi connectivity index (χ4n) is 7.26. The molecule has 0 radical (unpaired) electrons. The highest BCUT2D eigenvalue weighted by atomic mass is 16.5. The minimum atomic E-state index is 0.815. The van der Waals surface area contributed by atoms with Crippen molar-refractivity contribution in [3.8, 4) is 22.9 Å². The van der Waals surface area contributed by atoms with Gasteiger partial charge in [-0.05, 0) is 156 Å². The fraction of sp³-hybridized carbons (Fsp3) is 0.0741. The van der Waals surface area contributed by atoms with Crippen molar-refractivity contribution in [1.29, 1.82) is 0 Å². The van der Waals surface area contributed by atoms with Crippen LogP contribution in [0.2, 0.25) is 0 Å². The Morgan fingerprint density at radius 2 is 0.750 bits per heavy atom. The van der Waals surface area contributed by atoms with Gasteiger partial charge in [-0.15, -0.1) is 0 Å². The van der Waals surface area contributed by atoms with Gasteiger partial charge in [0.15, 0.2) is 0 Å². The molecule has 60 heavy (non-hydrogen) atoms. The smallest absolute Gasteiger partial charge is 0.119 e. The zero-order valence-electron chi connectivity index (χ0n) is 34.2. The topological polar surface area (TPSA) is 50.7 Å². The van der Waals surface area contributed by atoms with E-state index in [1.807, 2.05) is 48.8 Å². The summed E-state index contributed by atoms with van der Waals surface area (Å²) in [6.45, 7) is 4.23. The summed E-state index contributed by atoms with van der Waals surface area (Å²) in [4.78, 5) is 13.9. The standard InChI is InChI=1S/C54H46N4O2/c1-39-35-49(59-3)27-29-53(39)57(45-11-7-5-8-12-45)47-23-19-41(20-24-47)15-17-43-31-33-55-51(37-43)52-38-44(32-34-56-52)18-16-42-21-25-48(26-22-42)58(46-13-9-6-10-14-46)54-30-28-50(60-4)36-40(54)2/h5-38H,1-4H3/b17-15+,18-16+. The van der Waals surface area contributed by atoms with Crippen LogP contribution in [0.15, 0.2) is 182 Å². The quantitative estimate of drug-likeness (QED) is 0.116. The van der Waals surface area contributed by atoms with Crippen LogP contribution in [0.1, 0.15) is 33.4 Å². The van der Waals surface area contributed by atoms with E-state index in [1.165, 1.54) is 0 Å². The molecule has 0 saturated heterocycles. The molecule has 0 fully saturated rings. The molecule has 294 valence electrons. The predicted molar refractivity (Wildman–Crippen MR) is 250 cm³/mol. The van der Waals surface area contributed by atoms with E-state index in [2.05, 4.69) is 191 Å². The van der Waals surface area contributed by atoms with E-state index in [-0.39, 0.29) is 0 Å². The van der Waals surface area contributed by atoms with Crippen molar-refractivity contribution in [1.82, 2.24) is 9.97 Å². The Hall–Kier alpha value is -7.70. The van der Waals surface area contributed by atoms with Crippen LogP contribution in [0.5, 0.6) is 11.5 Å². The molecule has 8 rings (SSSR count). The number of aromatic nitrogens is 2. The van der Waals surface area contributed by atoms with Gasteiger partial charge in [0, 0.05) is 46.5 Å². The number of ether oxygens (including phenoxy) is 2. The van der Waals surface area contributed by atoms with Crippen molar-refractivity contribution in [3.63, 3.8) is 0 Å². The van der Waals surface area contributed by atoms with E-state index < -0.39 is 0 Å². The van der Waals surface area contributed by atoms with Crippen LogP contribution in [0.25, 0.3) is 35.7 Å². The number of anilines is 6. The molecule has 8 aromatic rings. The second kappa shape index (κ2) is 18.3. The summed E-state index contributed by atoms with van der Waals surface area (Å²) in [6.07, 6.45) is 12.2. The molecule has 0 atom stereocenters. The zero-order chi connectivity index (χ0) is 41.3. The van der Waals surface area contributed by atoms with Crippen LogP contribution in [0.3, 0.4) is 0 Å². The minimum absolute atomic E-state index is 0.815. The minimum Gasteiger partial charge on any atom is -0.497 e. The average Bonchev–Trinajstić information content (AvgIpc) is 3.30. The van der Waals surface area contributed by atoms with Crippen molar-refractivity contribution in [2.24, 2.45) is 0 Å². The van der Waals surface area contributed by atoms with Crippen LogP contribution in [0, 0.1) is 13.8 Å². The van der Waals surface area contributed by atoms with Crippen molar-refractivity contribution >= 4 is 58.4 Å². The molecule has 0 amide bonds. The molecule has 2 heterocycles. The Bertz CT molecular complexity index is 2550. The van der Waals surface area contributed by atoms with Crippen molar-refractivity contribution in [3.05, 3.63) is 216 Å². The van der Waals surface area contributed by atoms with Gasteiger partial charge in [0.1, 0.15) is 11.5 Å². The van der Waals surface area contributed by atoms with Crippen LogP contribution in [-0.4, -0.2) is 24.2 Å². The van der Waals surface area contributed by atoms with E-state index >= 15 is 0 Å². The third kappa shape index (κ3) is 9.04. The molecule has 6 heteroatoms. The van der Waals surface area contributed by atoms with Crippen LogP contribution < -0.4 is 19.3 Å². The van der Waals surface area contributed by atoms with Crippen LogP contribution in [-0.2, 0) is 0 Å². The van der Waals surface area contributed by atoms with Gasteiger partial charge < -0.3 is 19.3 Å². The highest BCUT2D eigenvalue weighted by Gasteiger charge is 2.16. The predicted octanol–water partition coefficient (Wildman–Crippen LogP) is 14.1. The summed E-state index contributed by atoms with van der Waals surface area (Å²) < 4.78 is 11.0. The molecule has 0 unspecified atom stereocenters. The number of pyridine rings is 2. The number of aryl methyl sites for hydroxylation is 2. The highest BCUT2D eigenvalue weighted by Crippen LogP contribution is 2.39. The first-order valence-electron chi connectivity index (χ1n) is 19.9. The third-order valence-corrected chi connectivity index (χ3v) is 10.4. The molecule has 6 aromatic carbocycles. The lowest BCUT2D eigenvalue weighted by atomic mass is 10.1. The maximum absolute atomic E-state index is 5.48. The molecule has 6 nitrogen and oxygen atoms in total. The first-order valence-corrected chi connectivity index (χ1v) is 19.9. The largest absolute Gasteiger partial charge is 0.497 e. The summed E-state index contributed by atoms with van der Waals surface area (Å²) in [5.41, 5.74) is 14.7. The first-order chi connectivity index (χ1) is 29.4. The Labute approximate surface area is 353 Å². The van der Waals surface area contributed by atoms with Crippen molar-refractivity contribution in [2.75, 3.05) is 24.0 Å². The van der Waals surface area contributed by atoms with Gasteiger partial charge >= 0.3 is 0 Å². The first kappa shape index (κ1) is 39.1. The zero-order valence-corrected chi connectivity index (χ0v) is 34.2. The second-order valence-electron chi connectivity index (χ2n) is 14.4. The van der Waals surface area contributed by atoms with E-state index in [0.717, 1.165) is 90.4 Å². The number of rotatable bonds is 13.